The first-order valence-electron chi connectivity index (χ1n) is 10.5. The minimum absolute atomic E-state index is 0.119. The van der Waals surface area contributed by atoms with E-state index in [2.05, 4.69) is 15.6 Å². The molecular weight excluding hydrogens is 432 g/mol. The average Bonchev–Trinajstić information content (AvgIpc) is 2.83. The van der Waals surface area contributed by atoms with Crippen LogP contribution in [0.5, 0.6) is 5.75 Å². The number of rotatable bonds is 9. The Kier molecular flexibility index (Phi) is 8.18. The zero-order valence-electron chi connectivity index (χ0n) is 18.0. The predicted molar refractivity (Wildman–Crippen MR) is 118 cm³/mol. The molecular formula is C22H28N4O5S. The number of sulfonamides is 1. The number of carbonyl (C=O) groups excluding carboxylic acids is 2. The molecule has 2 heterocycles. The minimum atomic E-state index is -3.69. The van der Waals surface area contributed by atoms with Crippen molar-refractivity contribution in [1.82, 2.24) is 19.9 Å². The van der Waals surface area contributed by atoms with E-state index in [0.29, 0.717) is 31.7 Å². The van der Waals surface area contributed by atoms with Gasteiger partial charge in [-0.25, -0.2) is 8.42 Å². The number of methoxy groups -OCH3 is 1. The Balaban J connectivity index is 1.46. The largest absolute Gasteiger partial charge is 0.497 e. The van der Waals surface area contributed by atoms with Gasteiger partial charge in [0.2, 0.25) is 21.8 Å². The Bertz CT molecular complexity index is 1010. The fraction of sp³-hybridized carbons (Fsp3) is 0.409. The van der Waals surface area contributed by atoms with Crippen LogP contribution in [0.2, 0.25) is 0 Å². The van der Waals surface area contributed by atoms with Gasteiger partial charge in [-0.15, -0.1) is 0 Å². The lowest BCUT2D eigenvalue weighted by molar-refractivity contribution is -0.126. The van der Waals surface area contributed by atoms with Crippen molar-refractivity contribution in [3.05, 3.63) is 54.4 Å². The molecule has 9 nitrogen and oxygen atoms in total. The second-order valence-electron chi connectivity index (χ2n) is 7.55. The fourth-order valence-corrected chi connectivity index (χ4v) is 5.03. The zero-order valence-corrected chi connectivity index (χ0v) is 18.8. The van der Waals surface area contributed by atoms with Crippen molar-refractivity contribution < 1.29 is 22.7 Å². The molecule has 3 rings (SSSR count). The summed E-state index contributed by atoms with van der Waals surface area (Å²) in [4.78, 5) is 28.6. The number of amides is 2. The van der Waals surface area contributed by atoms with E-state index in [1.54, 1.807) is 24.5 Å². The maximum absolute atomic E-state index is 12.9. The molecule has 1 unspecified atom stereocenters. The molecule has 0 saturated carbocycles. The lowest BCUT2D eigenvalue weighted by Crippen LogP contribution is -2.45. The standard InChI is InChI=1S/C22H28N4O5S/c1-31-19-4-6-20(7-5-19)32(29,30)26-14-2-3-18(16-26)22(28)24-13-10-21(27)25-15-17-8-11-23-12-9-17/h4-9,11-12,18H,2-3,10,13-16H2,1H3,(H,24,28)(H,25,27). The van der Waals surface area contributed by atoms with Crippen LogP contribution in [-0.2, 0) is 26.2 Å². The Morgan fingerprint density at radius 3 is 2.53 bits per heavy atom. The molecule has 172 valence electrons. The maximum Gasteiger partial charge on any atom is 0.243 e. The SMILES string of the molecule is COc1ccc(S(=O)(=O)N2CCCC(C(=O)NCCC(=O)NCc3ccncc3)C2)cc1. The number of nitrogens with one attached hydrogen (secondary N) is 2. The third-order valence-electron chi connectivity index (χ3n) is 5.34. The van der Waals surface area contributed by atoms with E-state index < -0.39 is 15.9 Å². The lowest BCUT2D eigenvalue weighted by Gasteiger charge is -2.31. The predicted octanol–water partition coefficient (Wildman–Crippen LogP) is 1.31. The van der Waals surface area contributed by atoms with Gasteiger partial charge in [0.15, 0.2) is 0 Å². The van der Waals surface area contributed by atoms with E-state index in [0.717, 1.165) is 5.56 Å². The van der Waals surface area contributed by atoms with Gasteiger partial charge in [-0.05, 0) is 54.8 Å². The van der Waals surface area contributed by atoms with Crippen molar-refractivity contribution in [2.24, 2.45) is 5.92 Å². The summed E-state index contributed by atoms with van der Waals surface area (Å²) in [6, 6.07) is 9.83. The molecule has 0 spiro atoms. The van der Waals surface area contributed by atoms with Gasteiger partial charge in [0.1, 0.15) is 5.75 Å². The highest BCUT2D eigenvalue weighted by Gasteiger charge is 2.33. The monoisotopic (exact) mass is 460 g/mol. The van der Waals surface area contributed by atoms with Crippen LogP contribution in [-0.4, -0.2) is 56.3 Å². The topological polar surface area (TPSA) is 118 Å². The van der Waals surface area contributed by atoms with Crippen LogP contribution in [0.3, 0.4) is 0 Å². The third-order valence-corrected chi connectivity index (χ3v) is 7.22. The number of nitrogens with zero attached hydrogens (tertiary/aromatic N) is 2. The van der Waals surface area contributed by atoms with Gasteiger partial charge >= 0.3 is 0 Å². The highest BCUT2D eigenvalue weighted by Crippen LogP contribution is 2.25. The van der Waals surface area contributed by atoms with Crippen molar-refractivity contribution in [3.8, 4) is 5.75 Å². The Hall–Kier alpha value is -2.98. The minimum Gasteiger partial charge on any atom is -0.497 e. The van der Waals surface area contributed by atoms with Crippen molar-refractivity contribution in [3.63, 3.8) is 0 Å². The van der Waals surface area contributed by atoms with E-state index in [-0.39, 0.29) is 36.2 Å². The summed E-state index contributed by atoms with van der Waals surface area (Å²) >= 11 is 0. The lowest BCUT2D eigenvalue weighted by atomic mass is 9.99. The first-order valence-corrected chi connectivity index (χ1v) is 11.9. The zero-order chi connectivity index (χ0) is 23.0. The summed E-state index contributed by atoms with van der Waals surface area (Å²) in [6.45, 7) is 1.09. The fourth-order valence-electron chi connectivity index (χ4n) is 3.50. The van der Waals surface area contributed by atoms with Gasteiger partial charge in [0.05, 0.1) is 17.9 Å². The third kappa shape index (κ3) is 6.27. The van der Waals surface area contributed by atoms with Crippen LogP contribution < -0.4 is 15.4 Å². The molecule has 2 amide bonds. The van der Waals surface area contributed by atoms with Crippen LogP contribution in [0, 0.1) is 5.92 Å². The normalized spacial score (nSPS) is 16.8. The molecule has 1 saturated heterocycles. The smallest absolute Gasteiger partial charge is 0.243 e. The Morgan fingerprint density at radius 1 is 1.12 bits per heavy atom. The van der Waals surface area contributed by atoms with Crippen molar-refractivity contribution in [1.29, 1.82) is 0 Å². The van der Waals surface area contributed by atoms with Gasteiger partial charge in [-0.1, -0.05) is 0 Å². The van der Waals surface area contributed by atoms with Gasteiger partial charge in [0, 0.05) is 45.0 Å². The molecule has 10 heteroatoms. The average molecular weight is 461 g/mol. The molecule has 0 bridgehead atoms. The van der Waals surface area contributed by atoms with Crippen LogP contribution >= 0.6 is 0 Å². The van der Waals surface area contributed by atoms with Crippen molar-refractivity contribution in [2.75, 3.05) is 26.7 Å². The van der Waals surface area contributed by atoms with Gasteiger partial charge in [0.25, 0.3) is 0 Å². The number of pyridine rings is 1. The Morgan fingerprint density at radius 2 is 1.84 bits per heavy atom. The van der Waals surface area contributed by atoms with E-state index >= 15 is 0 Å². The van der Waals surface area contributed by atoms with Crippen molar-refractivity contribution >= 4 is 21.8 Å². The van der Waals surface area contributed by atoms with Gasteiger partial charge in [-0.2, -0.15) is 4.31 Å². The highest BCUT2D eigenvalue weighted by molar-refractivity contribution is 7.89. The van der Waals surface area contributed by atoms with E-state index in [9.17, 15) is 18.0 Å². The van der Waals surface area contributed by atoms with E-state index in [1.807, 2.05) is 12.1 Å². The van der Waals surface area contributed by atoms with Crippen LogP contribution in [0.1, 0.15) is 24.8 Å². The molecule has 0 radical (unpaired) electrons. The summed E-state index contributed by atoms with van der Waals surface area (Å²) in [6.07, 6.45) is 4.67. The summed E-state index contributed by atoms with van der Waals surface area (Å²) in [7, 11) is -2.18. The number of aromatic nitrogens is 1. The summed E-state index contributed by atoms with van der Waals surface area (Å²) < 4.78 is 32.3. The summed E-state index contributed by atoms with van der Waals surface area (Å²) in [5.41, 5.74) is 0.942. The second kappa shape index (κ2) is 11.1. The Labute approximate surface area is 188 Å². The molecule has 1 aromatic heterocycles. The van der Waals surface area contributed by atoms with Gasteiger partial charge in [-0.3, -0.25) is 14.6 Å². The second-order valence-corrected chi connectivity index (χ2v) is 9.49. The number of benzene rings is 1. The van der Waals surface area contributed by atoms with E-state index in [1.165, 1.54) is 23.5 Å². The summed E-state index contributed by atoms with van der Waals surface area (Å²) in [5, 5.41) is 5.55. The molecule has 1 aromatic carbocycles. The number of ether oxygens (including phenoxy) is 1. The maximum atomic E-state index is 12.9. The molecule has 0 aliphatic carbocycles. The first-order chi connectivity index (χ1) is 15.4. The van der Waals surface area contributed by atoms with Crippen LogP contribution in [0.4, 0.5) is 0 Å². The molecule has 32 heavy (non-hydrogen) atoms. The number of piperidine rings is 1. The quantitative estimate of drug-likeness (QED) is 0.583. The van der Waals surface area contributed by atoms with Crippen LogP contribution in [0.15, 0.2) is 53.7 Å². The molecule has 1 atom stereocenters. The number of hydrogen-bond acceptors (Lipinski definition) is 6. The molecule has 1 aliphatic rings. The van der Waals surface area contributed by atoms with Gasteiger partial charge < -0.3 is 15.4 Å². The molecule has 2 N–H and O–H groups in total. The molecule has 1 fully saturated rings. The number of hydrogen-bond donors (Lipinski definition) is 2. The first kappa shape index (κ1) is 23.7. The van der Waals surface area contributed by atoms with E-state index in [4.69, 9.17) is 4.74 Å². The van der Waals surface area contributed by atoms with Crippen molar-refractivity contribution in [2.45, 2.75) is 30.7 Å². The molecule has 1 aliphatic heterocycles. The summed E-state index contributed by atoms with van der Waals surface area (Å²) in [5.74, 6) is -0.280. The highest BCUT2D eigenvalue weighted by atomic mass is 32.2. The van der Waals surface area contributed by atoms with Crippen LogP contribution in [0.25, 0.3) is 0 Å². The molecule has 2 aromatic rings. The number of carbonyl (C=O) groups is 2.